The Hall–Kier alpha value is -3.33. The van der Waals surface area contributed by atoms with Gasteiger partial charge in [0, 0.05) is 117 Å². The number of hydrogen-bond donors (Lipinski definition) is 0. The molecule has 0 amide bonds. The van der Waals surface area contributed by atoms with Crippen molar-refractivity contribution >= 4 is 63.4 Å². The summed E-state index contributed by atoms with van der Waals surface area (Å²) in [5.41, 5.74) is 10.0. The summed E-state index contributed by atoms with van der Waals surface area (Å²) in [6.07, 6.45) is 27.3. The lowest BCUT2D eigenvalue weighted by Crippen LogP contribution is -2.54. The van der Waals surface area contributed by atoms with Crippen molar-refractivity contribution in [1.82, 2.24) is 18.3 Å². The Bertz CT molecular complexity index is 1730. The molecule has 0 aliphatic carbocycles. The van der Waals surface area contributed by atoms with Gasteiger partial charge in [0.1, 0.15) is 31.7 Å². The van der Waals surface area contributed by atoms with Crippen molar-refractivity contribution in [3.05, 3.63) is 95.1 Å². The van der Waals surface area contributed by atoms with E-state index < -0.39 is 0 Å². The van der Waals surface area contributed by atoms with Crippen molar-refractivity contribution in [2.24, 2.45) is 0 Å². The molecule has 0 unspecified atom stereocenters. The van der Waals surface area contributed by atoms with Crippen molar-refractivity contribution in [1.29, 1.82) is 0 Å². The first-order valence-electron chi connectivity index (χ1n) is 20.5. The molecule has 0 spiro atoms. The van der Waals surface area contributed by atoms with Crippen LogP contribution in [0.5, 0.6) is 0 Å². The van der Waals surface area contributed by atoms with Gasteiger partial charge in [-0.25, -0.2) is 8.47 Å². The second-order valence-electron chi connectivity index (χ2n) is 14.6. The second-order valence-corrected chi connectivity index (χ2v) is 19.6. The van der Waals surface area contributed by atoms with E-state index in [1.165, 1.54) is 119 Å². The smallest absolute Gasteiger partial charge is 0.341 e. The highest BCUT2D eigenvalue weighted by molar-refractivity contribution is 6.26. The monoisotopic (exact) mass is 792 g/mol. The van der Waals surface area contributed by atoms with E-state index in [1.54, 1.807) is 11.4 Å². The third-order valence-corrected chi connectivity index (χ3v) is 15.8. The van der Waals surface area contributed by atoms with Crippen LogP contribution in [0.25, 0.3) is 12.2 Å². The van der Waals surface area contributed by atoms with Crippen LogP contribution in [0.1, 0.15) is 118 Å². The van der Waals surface area contributed by atoms with Crippen LogP contribution in [0.3, 0.4) is 0 Å². The van der Waals surface area contributed by atoms with Crippen LogP contribution >= 0.6 is 0 Å². The Balaban J connectivity index is 0.000000139. The van der Waals surface area contributed by atoms with Gasteiger partial charge in [-0.15, -0.1) is 0 Å². The summed E-state index contributed by atoms with van der Waals surface area (Å²) in [5.74, 6) is 0. The fourth-order valence-electron chi connectivity index (χ4n) is 6.99. The average molecular weight is 793 g/mol. The lowest BCUT2D eigenvalue weighted by molar-refractivity contribution is -0.539. The second kappa shape index (κ2) is 21.7. The molecule has 0 N–H and O–H groups in total. The molecule has 8 nitrogen and oxygen atoms in total. The maximum Gasteiger partial charge on any atom is 0.650 e. The van der Waals surface area contributed by atoms with Crippen LogP contribution in [0.2, 0.25) is 0 Å². The quantitative estimate of drug-likeness (QED) is 0.306. The first-order valence-corrected chi connectivity index (χ1v) is 24.1. The molecule has 6 aliphatic heterocycles. The third-order valence-electron chi connectivity index (χ3n) is 9.96. The summed E-state index contributed by atoms with van der Waals surface area (Å²) >= 11 is 0. The molecule has 2 aromatic heterocycles. The predicted octanol–water partition coefficient (Wildman–Crippen LogP) is 5.68. The van der Waals surface area contributed by atoms with Crippen molar-refractivity contribution in [2.45, 2.75) is 106 Å². The predicted molar refractivity (Wildman–Crippen MR) is 229 cm³/mol. The molecule has 284 valence electrons. The van der Waals surface area contributed by atoms with E-state index in [4.69, 9.17) is 0 Å². The Morgan fingerprint density at radius 2 is 1.24 bits per heavy atom. The van der Waals surface area contributed by atoms with Crippen LogP contribution in [-0.2, 0) is 0 Å². The van der Waals surface area contributed by atoms with Gasteiger partial charge in [-0.1, -0.05) is 34.1 Å². The van der Waals surface area contributed by atoms with Crippen molar-refractivity contribution in [2.75, 3.05) is 39.3 Å². The number of allylic oxidation sites excluding steroid dienone is 6. The normalized spacial score (nSPS) is 18.2. The van der Waals surface area contributed by atoms with Crippen molar-refractivity contribution in [3.8, 4) is 0 Å². The summed E-state index contributed by atoms with van der Waals surface area (Å²) in [6.45, 7) is 22.9. The molecule has 54 heavy (non-hydrogen) atoms. The summed E-state index contributed by atoms with van der Waals surface area (Å²) in [5, 5.41) is 0. The van der Waals surface area contributed by atoms with Gasteiger partial charge in [0.2, 0.25) is 0 Å². The van der Waals surface area contributed by atoms with Crippen LogP contribution in [0.15, 0.2) is 83.7 Å². The number of unbranched alkanes of at least 4 members (excludes halogenated alkanes) is 1. The summed E-state index contributed by atoms with van der Waals surface area (Å²) in [4.78, 5) is 0. The van der Waals surface area contributed by atoms with Gasteiger partial charge in [0.15, 0.2) is 17.1 Å². The Labute approximate surface area is 337 Å². The lowest BCUT2D eigenvalue weighted by Gasteiger charge is -2.22. The number of aromatic nitrogens is 2. The molecule has 0 atom stereocenters. The molecule has 8 rings (SSSR count). The van der Waals surface area contributed by atoms with Crippen LogP contribution in [0, 0.1) is 0 Å². The summed E-state index contributed by atoms with van der Waals surface area (Å²) < 4.78 is 19.5. The third kappa shape index (κ3) is 11.8. The zero-order valence-corrected chi connectivity index (χ0v) is 38.2. The van der Waals surface area contributed by atoms with Crippen LogP contribution in [0.4, 0.5) is 0 Å². The molecule has 8 radical (unpaired) electrons. The Morgan fingerprint density at radius 1 is 0.630 bits per heavy atom. The number of rotatable bonds is 9. The lowest BCUT2D eigenvalue weighted by atomic mass is 10.2. The minimum absolute atomic E-state index is 0.733. The summed E-state index contributed by atoms with van der Waals surface area (Å²) in [7, 11) is 3.22. The highest BCUT2D eigenvalue weighted by Gasteiger charge is 2.32. The van der Waals surface area contributed by atoms with Gasteiger partial charge >= 0.3 is 39.4 Å². The molecular weight excluding hydrogens is 729 g/mol. The molecular formula is C42H64N8Si4+4. The number of pyridine rings is 2. The maximum absolute atomic E-state index is 2.54. The number of nitrogens with zero attached hydrogens (tertiary/aromatic N) is 8. The topological polar surface area (TPSA) is 26.7 Å². The average Bonchev–Trinajstić information content (AvgIpc) is 3.85. The molecule has 1 fully saturated rings. The fourth-order valence-corrected chi connectivity index (χ4v) is 12.1. The minimum Gasteiger partial charge on any atom is -0.341 e. The van der Waals surface area contributed by atoms with E-state index >= 15 is 0 Å². The molecule has 8 heterocycles. The zero-order valence-electron chi connectivity index (χ0n) is 34.2. The highest BCUT2D eigenvalue weighted by Crippen LogP contribution is 2.20. The van der Waals surface area contributed by atoms with E-state index in [1.807, 2.05) is 0 Å². The minimum atomic E-state index is 0.733. The van der Waals surface area contributed by atoms with E-state index in [0.29, 0.717) is 0 Å². The molecule has 6 aliphatic rings. The van der Waals surface area contributed by atoms with Crippen molar-refractivity contribution in [3.63, 3.8) is 0 Å². The van der Waals surface area contributed by atoms with Crippen LogP contribution < -0.4 is 8.47 Å². The summed E-state index contributed by atoms with van der Waals surface area (Å²) in [6, 6.07) is 12.7. The van der Waals surface area contributed by atoms with Gasteiger partial charge in [0.25, 0.3) is 0 Å². The van der Waals surface area contributed by atoms with Gasteiger partial charge in [-0.05, 0) is 65.0 Å². The van der Waals surface area contributed by atoms with E-state index in [0.717, 1.165) is 45.9 Å². The van der Waals surface area contributed by atoms with Gasteiger partial charge in [0.05, 0.1) is 0 Å². The number of fused-ring (bicyclic) bond motifs is 3. The van der Waals surface area contributed by atoms with Gasteiger partial charge < -0.3 is 18.3 Å². The fraction of sp³-hybridized carbons (Fsp3) is 0.524. The van der Waals surface area contributed by atoms with E-state index in [-0.39, 0.29) is 0 Å². The largest absolute Gasteiger partial charge is 0.650 e. The number of hydrogen-bond acceptors (Lipinski definition) is 4. The highest BCUT2D eigenvalue weighted by atomic mass is 28.2. The van der Waals surface area contributed by atoms with E-state index in [2.05, 4.69) is 163 Å². The zero-order chi connectivity index (χ0) is 38.3. The van der Waals surface area contributed by atoms with E-state index in [9.17, 15) is 0 Å². The van der Waals surface area contributed by atoms with Crippen molar-refractivity contribution < 1.29 is 16.9 Å². The molecule has 2 aromatic rings. The Kier molecular flexibility index (Phi) is 16.8. The van der Waals surface area contributed by atoms with Gasteiger partial charge in [-0.3, -0.25) is 8.48 Å². The molecule has 0 aromatic carbocycles. The SMILES string of the molecule is CCCCN1[Si][n+]2ccccc2C=C1C.CCCN1[Si][N+]2=C(C=C1C)CCC2.CCCN1[Si][n+]2ccccc2C=C1C.CCC[N+]1=CC=C2CCCN2[Si]1. The van der Waals surface area contributed by atoms with Gasteiger partial charge in [-0.2, -0.15) is 0 Å². The molecule has 0 saturated carbocycles. The first kappa shape index (κ1) is 41.8. The maximum atomic E-state index is 2.54. The standard InChI is InChI=1S/C12H17N2Si.C11H15N2Si.C10H17N2Si.C9H15N2Si/c1-3-4-8-13-11(2)10-12-7-5-6-9-14(12)15-13;1-3-7-12-10(2)9-11-6-4-5-8-13(11)14-12;1-3-6-11-9(2)8-10-5-4-7-12(10)13-11;1-2-6-10-8-5-9-4-3-7-11(9)12-10/h5-7,9-10H,3-4,8H2,1-2H3;4-6,8-9H,3,7H2,1-2H3;8H,3-7H2,1-2H3;5,8H,2-4,6-7H2,1H3/q4*+1. The Morgan fingerprint density at radius 3 is 1.85 bits per heavy atom. The van der Waals surface area contributed by atoms with Crippen LogP contribution in [-0.4, -0.2) is 117 Å². The molecule has 12 heteroatoms. The molecule has 0 bridgehead atoms. The molecule has 1 saturated heterocycles. The first-order chi connectivity index (χ1) is 26.3.